The van der Waals surface area contributed by atoms with Crippen molar-refractivity contribution in [3.63, 3.8) is 0 Å². The molecule has 3 rings (SSSR count). The summed E-state index contributed by atoms with van der Waals surface area (Å²) in [4.78, 5) is 5.57. The molecule has 0 saturated carbocycles. The van der Waals surface area contributed by atoms with Crippen LogP contribution >= 0.6 is 0 Å². The molecule has 0 amide bonds. The topological polar surface area (TPSA) is 34.6 Å². The number of anilines is 1. The van der Waals surface area contributed by atoms with Gasteiger partial charge in [-0.05, 0) is 6.42 Å². The van der Waals surface area contributed by atoms with Gasteiger partial charge in [-0.3, -0.25) is 0 Å². The number of halogens is 2. The number of rotatable bonds is 1. The monoisotopic (exact) mass is 256 g/mol. The zero-order valence-electron chi connectivity index (χ0n) is 9.86. The first kappa shape index (κ1) is 11.8. The normalized spacial score (nSPS) is 22.7. The molecule has 2 aliphatic heterocycles. The Bertz CT molecular complexity index is 450. The van der Waals surface area contributed by atoms with E-state index in [4.69, 9.17) is 9.47 Å². The number of hydrogen-bond acceptors (Lipinski definition) is 4. The van der Waals surface area contributed by atoms with Gasteiger partial charge < -0.3 is 14.4 Å². The summed E-state index contributed by atoms with van der Waals surface area (Å²) < 4.78 is 37.7. The van der Waals surface area contributed by atoms with Gasteiger partial charge in [0.05, 0.1) is 26.0 Å². The van der Waals surface area contributed by atoms with Crippen molar-refractivity contribution < 1.29 is 18.3 Å². The third-order valence-electron chi connectivity index (χ3n) is 3.32. The fourth-order valence-corrected chi connectivity index (χ4v) is 2.54. The lowest BCUT2D eigenvalue weighted by molar-refractivity contribution is -0.161. The van der Waals surface area contributed by atoms with E-state index in [2.05, 4.69) is 4.98 Å². The minimum absolute atomic E-state index is 0.162. The molecular weight excluding hydrogens is 242 g/mol. The van der Waals surface area contributed by atoms with Gasteiger partial charge in [0.15, 0.2) is 17.4 Å². The summed E-state index contributed by atoms with van der Waals surface area (Å²) in [6.45, 7) is 2.23. The molecule has 18 heavy (non-hydrogen) atoms. The predicted molar refractivity (Wildman–Crippen MR) is 60.2 cm³/mol. The van der Waals surface area contributed by atoms with Gasteiger partial charge in [0.2, 0.25) is 0 Å². The molecule has 2 aliphatic rings. The number of piperidine rings is 1. The maximum absolute atomic E-state index is 13.7. The molecule has 0 aliphatic carbocycles. The van der Waals surface area contributed by atoms with Crippen molar-refractivity contribution in [2.45, 2.75) is 18.6 Å². The molecule has 0 radical (unpaired) electrons. The van der Waals surface area contributed by atoms with Crippen LogP contribution in [0.2, 0.25) is 0 Å². The van der Waals surface area contributed by atoms with Crippen molar-refractivity contribution in [2.24, 2.45) is 0 Å². The molecule has 0 atom stereocenters. The lowest BCUT2D eigenvalue weighted by atomic mass is 10.0. The van der Waals surface area contributed by atoms with E-state index in [1.54, 1.807) is 4.90 Å². The second-order valence-corrected chi connectivity index (χ2v) is 4.59. The first-order valence-corrected chi connectivity index (χ1v) is 6.02. The Hall–Kier alpha value is -1.27. The van der Waals surface area contributed by atoms with Crippen LogP contribution in [0.5, 0.6) is 0 Å². The second kappa shape index (κ2) is 4.44. The van der Waals surface area contributed by atoms with Crippen molar-refractivity contribution >= 4 is 5.82 Å². The van der Waals surface area contributed by atoms with Crippen molar-refractivity contribution in [3.8, 4) is 0 Å². The Kier molecular flexibility index (Phi) is 2.91. The van der Waals surface area contributed by atoms with Gasteiger partial charge in [0.25, 0.3) is 0 Å². The fraction of sp³-hybridized carbons (Fsp3) is 0.583. The van der Waals surface area contributed by atoms with Crippen molar-refractivity contribution in [1.29, 1.82) is 0 Å². The van der Waals surface area contributed by atoms with Gasteiger partial charge in [0, 0.05) is 19.0 Å². The molecule has 0 unspecified atom stereocenters. The summed E-state index contributed by atoms with van der Waals surface area (Å²) in [7, 11) is 0. The number of nitrogens with zero attached hydrogens (tertiary/aromatic N) is 2. The van der Waals surface area contributed by atoms with Gasteiger partial charge in [0.1, 0.15) is 5.82 Å². The van der Waals surface area contributed by atoms with Gasteiger partial charge in [-0.2, -0.15) is 0 Å². The van der Waals surface area contributed by atoms with Crippen LogP contribution in [-0.4, -0.2) is 37.1 Å². The summed E-state index contributed by atoms with van der Waals surface area (Å²) in [6.07, 6.45) is 2.65. The minimum Gasteiger partial charge on any atom is -0.349 e. The molecule has 0 N–H and O–H groups in total. The highest BCUT2D eigenvalue weighted by Gasteiger charge is 2.41. The Labute approximate surface area is 104 Å². The number of pyridine rings is 1. The fourth-order valence-electron chi connectivity index (χ4n) is 2.54. The largest absolute Gasteiger partial charge is 0.349 e. The van der Waals surface area contributed by atoms with Gasteiger partial charge in [-0.15, -0.1) is 0 Å². The average molecular weight is 256 g/mol. The molecule has 0 bridgehead atoms. The molecule has 3 heterocycles. The van der Waals surface area contributed by atoms with E-state index >= 15 is 0 Å². The predicted octanol–water partition coefficient (Wildman–Crippen LogP) is 1.70. The van der Waals surface area contributed by atoms with E-state index in [1.165, 1.54) is 0 Å². The first-order valence-electron chi connectivity index (χ1n) is 6.02. The van der Waals surface area contributed by atoms with Gasteiger partial charge in [-0.25, -0.2) is 13.8 Å². The maximum Gasteiger partial charge on any atom is 0.186 e. The Balaban J connectivity index is 1.83. The lowest BCUT2D eigenvalue weighted by Crippen LogP contribution is -2.49. The smallest absolute Gasteiger partial charge is 0.186 e. The molecule has 1 aromatic heterocycles. The zero-order chi connectivity index (χ0) is 12.6. The van der Waals surface area contributed by atoms with Crippen LogP contribution in [0.15, 0.2) is 12.3 Å². The average Bonchev–Trinajstić information content (AvgIpc) is 2.77. The van der Waals surface area contributed by atoms with E-state index < -0.39 is 17.4 Å². The number of hydrogen-bond donors (Lipinski definition) is 0. The molecule has 1 spiro atoms. The summed E-state index contributed by atoms with van der Waals surface area (Å²) in [5.41, 5.74) is 0. The van der Waals surface area contributed by atoms with Crippen LogP contribution in [0.4, 0.5) is 14.6 Å². The summed E-state index contributed by atoms with van der Waals surface area (Å²) in [6, 6.07) is 0.847. The number of ether oxygens (including phenoxy) is 2. The lowest BCUT2D eigenvalue weighted by Gasteiger charge is -2.39. The van der Waals surface area contributed by atoms with E-state index in [0.29, 0.717) is 26.3 Å². The second-order valence-electron chi connectivity index (χ2n) is 4.59. The summed E-state index contributed by atoms with van der Waals surface area (Å²) >= 11 is 0. The van der Waals surface area contributed by atoms with Crippen LogP contribution < -0.4 is 4.90 Å². The Morgan fingerprint density at radius 2 is 2.06 bits per heavy atom. The molecule has 4 nitrogen and oxygen atoms in total. The third kappa shape index (κ3) is 2.06. The summed E-state index contributed by atoms with van der Waals surface area (Å²) in [5, 5.41) is 0. The Morgan fingerprint density at radius 3 is 2.78 bits per heavy atom. The van der Waals surface area contributed by atoms with E-state index in [1.807, 2.05) is 0 Å². The van der Waals surface area contributed by atoms with Crippen molar-refractivity contribution in [1.82, 2.24) is 4.98 Å². The molecule has 2 fully saturated rings. The molecule has 2 saturated heterocycles. The molecule has 6 heteroatoms. The highest BCUT2D eigenvalue weighted by atomic mass is 19.1. The SMILES string of the molecule is Fc1cnc(N2CCCC3(C2)OCCO3)c(F)c1. The standard InChI is InChI=1S/C12H14F2N2O2/c13-9-6-10(14)11(15-7-9)16-3-1-2-12(8-16)17-4-5-18-12/h6-7H,1-5,8H2. The van der Waals surface area contributed by atoms with E-state index in [0.717, 1.165) is 25.1 Å². The van der Waals surface area contributed by atoms with E-state index in [-0.39, 0.29) is 5.82 Å². The van der Waals surface area contributed by atoms with Crippen LogP contribution in [0.3, 0.4) is 0 Å². The van der Waals surface area contributed by atoms with Crippen LogP contribution in [0.1, 0.15) is 12.8 Å². The van der Waals surface area contributed by atoms with Crippen molar-refractivity contribution in [3.05, 3.63) is 23.9 Å². The quantitative estimate of drug-likeness (QED) is 0.766. The Morgan fingerprint density at radius 1 is 1.28 bits per heavy atom. The van der Waals surface area contributed by atoms with E-state index in [9.17, 15) is 8.78 Å². The van der Waals surface area contributed by atoms with Crippen LogP contribution in [0, 0.1) is 11.6 Å². The first-order chi connectivity index (χ1) is 8.69. The molecule has 0 aromatic carbocycles. The van der Waals surface area contributed by atoms with Crippen molar-refractivity contribution in [2.75, 3.05) is 31.2 Å². The highest BCUT2D eigenvalue weighted by Crippen LogP contribution is 2.32. The molecular formula is C12H14F2N2O2. The number of aromatic nitrogens is 1. The van der Waals surface area contributed by atoms with Gasteiger partial charge >= 0.3 is 0 Å². The molecule has 1 aromatic rings. The zero-order valence-corrected chi connectivity index (χ0v) is 9.86. The summed E-state index contributed by atoms with van der Waals surface area (Å²) in [5.74, 6) is -1.79. The maximum atomic E-state index is 13.7. The van der Waals surface area contributed by atoms with Crippen LogP contribution in [0.25, 0.3) is 0 Å². The molecule has 98 valence electrons. The van der Waals surface area contributed by atoms with Crippen LogP contribution in [-0.2, 0) is 9.47 Å². The minimum atomic E-state index is -0.670. The van der Waals surface area contributed by atoms with Gasteiger partial charge in [-0.1, -0.05) is 0 Å². The third-order valence-corrected chi connectivity index (χ3v) is 3.32. The highest BCUT2D eigenvalue weighted by molar-refractivity contribution is 5.40.